The van der Waals surface area contributed by atoms with Crippen molar-refractivity contribution in [3.63, 3.8) is 0 Å². The SMILES string of the molecule is CC=O.NCCCCCOCCCCCOCCc1c(F)cc(F)cc1F. The fourth-order valence-electron chi connectivity index (χ4n) is 2.30. The molecular weight excluding hydrogens is 359 g/mol. The number of hydrogen-bond donors (Lipinski definition) is 1. The smallest absolute Gasteiger partial charge is 0.132 e. The standard InChI is InChI=1S/C18H28F3NO2.C2H4O/c19-15-13-17(20)16(18(21)14-15)7-12-24-11-6-2-5-10-23-9-4-1-3-8-22;1-2-3/h13-14H,1-12,22H2;2H,1H3. The molecule has 1 aromatic carbocycles. The van der Waals surface area contributed by atoms with E-state index >= 15 is 0 Å². The zero-order valence-electron chi connectivity index (χ0n) is 16.2. The first-order chi connectivity index (χ1) is 13.1. The summed E-state index contributed by atoms with van der Waals surface area (Å²) in [6, 6.07) is 1.38. The van der Waals surface area contributed by atoms with Gasteiger partial charge in [-0.1, -0.05) is 0 Å². The second-order valence-electron chi connectivity index (χ2n) is 5.97. The summed E-state index contributed by atoms with van der Waals surface area (Å²) in [5, 5.41) is 0. The molecule has 0 radical (unpaired) electrons. The Morgan fingerprint density at radius 1 is 0.852 bits per heavy atom. The van der Waals surface area contributed by atoms with Crippen molar-refractivity contribution < 1.29 is 27.4 Å². The summed E-state index contributed by atoms with van der Waals surface area (Å²) >= 11 is 0. The van der Waals surface area contributed by atoms with Gasteiger partial charge in [0.05, 0.1) is 6.61 Å². The van der Waals surface area contributed by atoms with Crippen LogP contribution in [-0.2, 0) is 20.7 Å². The summed E-state index contributed by atoms with van der Waals surface area (Å²) < 4.78 is 50.5. The quantitative estimate of drug-likeness (QED) is 0.382. The van der Waals surface area contributed by atoms with Crippen LogP contribution in [0.5, 0.6) is 0 Å². The maximum Gasteiger partial charge on any atom is 0.132 e. The molecule has 0 unspecified atom stereocenters. The molecule has 0 atom stereocenters. The molecular formula is C20H32F3NO3. The molecule has 0 saturated carbocycles. The molecule has 0 aliphatic heterocycles. The second kappa shape index (κ2) is 17.9. The van der Waals surface area contributed by atoms with Crippen molar-refractivity contribution in [1.82, 2.24) is 0 Å². The van der Waals surface area contributed by atoms with Crippen molar-refractivity contribution in [2.24, 2.45) is 5.73 Å². The van der Waals surface area contributed by atoms with Crippen LogP contribution in [0.1, 0.15) is 51.0 Å². The number of ether oxygens (including phenoxy) is 2. The van der Waals surface area contributed by atoms with Crippen molar-refractivity contribution in [2.75, 3.05) is 33.0 Å². The maximum atomic E-state index is 13.4. The van der Waals surface area contributed by atoms with E-state index in [1.165, 1.54) is 6.92 Å². The Labute approximate surface area is 160 Å². The monoisotopic (exact) mass is 391 g/mol. The molecule has 27 heavy (non-hydrogen) atoms. The lowest BCUT2D eigenvalue weighted by Gasteiger charge is -2.07. The number of rotatable bonds is 14. The number of hydrogen-bond acceptors (Lipinski definition) is 4. The topological polar surface area (TPSA) is 61.6 Å². The highest BCUT2D eigenvalue weighted by Crippen LogP contribution is 2.15. The second-order valence-corrected chi connectivity index (χ2v) is 5.97. The molecule has 156 valence electrons. The lowest BCUT2D eigenvalue weighted by molar-refractivity contribution is -0.106. The van der Waals surface area contributed by atoms with Gasteiger partial charge in [0.1, 0.15) is 23.7 Å². The number of halogens is 3. The highest BCUT2D eigenvalue weighted by molar-refractivity contribution is 5.44. The van der Waals surface area contributed by atoms with E-state index < -0.39 is 17.5 Å². The number of benzene rings is 1. The summed E-state index contributed by atoms with van der Waals surface area (Å²) in [6.07, 6.45) is 6.90. The highest BCUT2D eigenvalue weighted by Gasteiger charge is 2.10. The average molecular weight is 391 g/mol. The molecule has 0 aliphatic rings. The average Bonchev–Trinajstić information content (AvgIpc) is 2.61. The number of unbranched alkanes of at least 4 members (excludes halogenated alkanes) is 4. The Hall–Kier alpha value is -1.44. The van der Waals surface area contributed by atoms with E-state index in [0.29, 0.717) is 18.7 Å². The Morgan fingerprint density at radius 3 is 1.78 bits per heavy atom. The molecule has 0 aliphatic carbocycles. The largest absolute Gasteiger partial charge is 0.381 e. The van der Waals surface area contributed by atoms with Crippen molar-refractivity contribution in [3.05, 3.63) is 35.1 Å². The lowest BCUT2D eigenvalue weighted by atomic mass is 10.1. The fraction of sp³-hybridized carbons (Fsp3) is 0.650. The van der Waals surface area contributed by atoms with Crippen LogP contribution in [0, 0.1) is 17.5 Å². The Balaban J connectivity index is 0.00000210. The minimum absolute atomic E-state index is 0.101. The molecule has 0 aromatic heterocycles. The molecule has 0 saturated heterocycles. The third-order valence-electron chi connectivity index (χ3n) is 3.67. The third kappa shape index (κ3) is 14.3. The molecule has 0 amide bonds. The van der Waals surface area contributed by atoms with E-state index in [0.717, 1.165) is 64.6 Å². The molecule has 0 bridgehead atoms. The van der Waals surface area contributed by atoms with Crippen LogP contribution in [0.15, 0.2) is 12.1 Å². The van der Waals surface area contributed by atoms with E-state index in [4.69, 9.17) is 20.0 Å². The zero-order valence-corrected chi connectivity index (χ0v) is 16.2. The van der Waals surface area contributed by atoms with Gasteiger partial charge in [-0.2, -0.15) is 0 Å². The van der Waals surface area contributed by atoms with Gasteiger partial charge in [0.2, 0.25) is 0 Å². The Bertz CT molecular complexity index is 478. The minimum atomic E-state index is -0.906. The van der Waals surface area contributed by atoms with E-state index in [1.807, 2.05) is 0 Å². The van der Waals surface area contributed by atoms with Gasteiger partial charge in [-0.05, 0) is 52.0 Å². The third-order valence-corrected chi connectivity index (χ3v) is 3.67. The highest BCUT2D eigenvalue weighted by atomic mass is 19.1. The van der Waals surface area contributed by atoms with Gasteiger partial charge in [-0.3, -0.25) is 0 Å². The number of carbonyl (C=O) groups excluding carboxylic acids is 1. The van der Waals surface area contributed by atoms with Crippen LogP contribution in [-0.4, -0.2) is 39.3 Å². The molecule has 1 rings (SSSR count). The number of carbonyl (C=O) groups is 1. The molecule has 0 fully saturated rings. The van der Waals surface area contributed by atoms with Crippen LogP contribution < -0.4 is 5.73 Å². The first-order valence-corrected chi connectivity index (χ1v) is 9.45. The number of nitrogens with two attached hydrogens (primary N) is 1. The van der Waals surface area contributed by atoms with Gasteiger partial charge in [0, 0.05) is 43.9 Å². The first-order valence-electron chi connectivity index (χ1n) is 9.45. The van der Waals surface area contributed by atoms with E-state index in [2.05, 4.69) is 0 Å². The van der Waals surface area contributed by atoms with Crippen molar-refractivity contribution in [1.29, 1.82) is 0 Å². The summed E-state index contributed by atoms with van der Waals surface area (Å²) in [5.74, 6) is -2.63. The summed E-state index contributed by atoms with van der Waals surface area (Å²) in [7, 11) is 0. The fourth-order valence-corrected chi connectivity index (χ4v) is 2.30. The van der Waals surface area contributed by atoms with Gasteiger partial charge in [0.15, 0.2) is 0 Å². The van der Waals surface area contributed by atoms with Gasteiger partial charge < -0.3 is 20.0 Å². The predicted octanol–water partition coefficient (Wildman–Crippen LogP) is 4.18. The van der Waals surface area contributed by atoms with Gasteiger partial charge in [-0.15, -0.1) is 0 Å². The first kappa shape index (κ1) is 25.6. The Morgan fingerprint density at radius 2 is 1.30 bits per heavy atom. The molecule has 0 spiro atoms. The maximum absolute atomic E-state index is 13.4. The molecule has 7 heteroatoms. The van der Waals surface area contributed by atoms with Crippen LogP contribution in [0.4, 0.5) is 13.2 Å². The van der Waals surface area contributed by atoms with Crippen LogP contribution in [0.25, 0.3) is 0 Å². The van der Waals surface area contributed by atoms with E-state index in [-0.39, 0.29) is 18.6 Å². The van der Waals surface area contributed by atoms with Crippen molar-refractivity contribution in [3.8, 4) is 0 Å². The molecule has 0 heterocycles. The van der Waals surface area contributed by atoms with Crippen LogP contribution >= 0.6 is 0 Å². The number of aldehydes is 1. The van der Waals surface area contributed by atoms with Crippen LogP contribution in [0.2, 0.25) is 0 Å². The summed E-state index contributed by atoms with van der Waals surface area (Å²) in [4.78, 5) is 8.81. The summed E-state index contributed by atoms with van der Waals surface area (Å²) in [6.45, 7) is 4.47. The predicted molar refractivity (Wildman–Crippen MR) is 100 cm³/mol. The molecule has 1 aromatic rings. The summed E-state index contributed by atoms with van der Waals surface area (Å²) in [5.41, 5.74) is 5.28. The molecule has 2 N–H and O–H groups in total. The zero-order chi connectivity index (χ0) is 20.3. The normalized spacial score (nSPS) is 10.4. The van der Waals surface area contributed by atoms with Gasteiger partial charge >= 0.3 is 0 Å². The Kier molecular flexibility index (Phi) is 17.0. The van der Waals surface area contributed by atoms with Crippen molar-refractivity contribution >= 4 is 6.29 Å². The minimum Gasteiger partial charge on any atom is -0.381 e. The van der Waals surface area contributed by atoms with E-state index in [1.54, 1.807) is 0 Å². The van der Waals surface area contributed by atoms with E-state index in [9.17, 15) is 13.2 Å². The van der Waals surface area contributed by atoms with Crippen molar-refractivity contribution in [2.45, 2.75) is 51.9 Å². The van der Waals surface area contributed by atoms with Gasteiger partial charge in [0.25, 0.3) is 0 Å². The van der Waals surface area contributed by atoms with Gasteiger partial charge in [-0.25, -0.2) is 13.2 Å². The molecule has 4 nitrogen and oxygen atoms in total. The lowest BCUT2D eigenvalue weighted by Crippen LogP contribution is -2.05. The van der Waals surface area contributed by atoms with Crippen LogP contribution in [0.3, 0.4) is 0 Å².